The maximum atomic E-state index is 12.8. The summed E-state index contributed by atoms with van der Waals surface area (Å²) in [6.07, 6.45) is 3.39. The van der Waals surface area contributed by atoms with Gasteiger partial charge in [-0.1, -0.05) is 13.2 Å². The van der Waals surface area contributed by atoms with Crippen molar-refractivity contribution in [2.24, 2.45) is 0 Å². The van der Waals surface area contributed by atoms with E-state index < -0.39 is 6.09 Å². The second-order valence-corrected chi connectivity index (χ2v) is 9.17. The molecular weight excluding hydrogens is 476 g/mol. The molecule has 0 saturated carbocycles. The molecule has 2 amide bonds. The van der Waals surface area contributed by atoms with Crippen LogP contribution in [0.3, 0.4) is 0 Å². The van der Waals surface area contributed by atoms with Gasteiger partial charge in [0.25, 0.3) is 5.91 Å². The zero-order chi connectivity index (χ0) is 26.1. The summed E-state index contributed by atoms with van der Waals surface area (Å²) in [6, 6.07) is 5.22. The van der Waals surface area contributed by atoms with Crippen molar-refractivity contribution < 1.29 is 23.8 Å². The van der Waals surface area contributed by atoms with E-state index in [1.807, 2.05) is 13.0 Å². The van der Waals surface area contributed by atoms with Gasteiger partial charge < -0.3 is 24.4 Å². The minimum Gasteiger partial charge on any atom is -0.495 e. The number of amides is 2. The van der Waals surface area contributed by atoms with E-state index in [1.54, 1.807) is 36.4 Å². The first-order valence-electron chi connectivity index (χ1n) is 12.1. The molecule has 11 nitrogen and oxygen atoms in total. The van der Waals surface area contributed by atoms with Gasteiger partial charge in [0, 0.05) is 37.9 Å². The number of likely N-dealkylation sites (tertiary alicyclic amines) is 1. The molecule has 0 aromatic carbocycles. The molecule has 5 rings (SSSR count). The molecule has 2 aromatic heterocycles. The summed E-state index contributed by atoms with van der Waals surface area (Å²) < 4.78 is 16.5. The molecule has 2 aromatic rings. The average Bonchev–Trinajstić information content (AvgIpc) is 3.22. The lowest BCUT2D eigenvalue weighted by Crippen LogP contribution is -2.51. The number of hydrogen-bond donors (Lipinski definition) is 1. The third kappa shape index (κ3) is 4.82. The molecule has 11 heteroatoms. The highest BCUT2D eigenvalue weighted by Crippen LogP contribution is 2.35. The van der Waals surface area contributed by atoms with Crippen molar-refractivity contribution in [3.05, 3.63) is 48.9 Å². The Morgan fingerprint density at radius 2 is 2.22 bits per heavy atom. The third-order valence-corrected chi connectivity index (χ3v) is 6.79. The summed E-state index contributed by atoms with van der Waals surface area (Å²) in [7, 11) is 1.61. The molecule has 0 radical (unpaired) electrons. The highest BCUT2D eigenvalue weighted by Gasteiger charge is 2.46. The van der Waals surface area contributed by atoms with Crippen molar-refractivity contribution in [1.29, 1.82) is 0 Å². The number of carbonyl (C=O) groups excluding carboxylic acids is 2. The molecular formula is C26H30N6O5. The van der Waals surface area contributed by atoms with Gasteiger partial charge in [-0.2, -0.15) is 0 Å². The molecule has 3 aliphatic heterocycles. The van der Waals surface area contributed by atoms with E-state index in [0.29, 0.717) is 36.2 Å². The van der Waals surface area contributed by atoms with Crippen LogP contribution in [-0.2, 0) is 9.53 Å². The number of fused-ring (bicyclic) bond motifs is 2. The SMILES string of the molecule is C=Cc1ncc(OC)cc1N(CCN1CC[C@@H]2C(C1)OC(=O)N2c1ccc2c(n1)NC(=O)CO2)C(=C)C. The lowest BCUT2D eigenvalue weighted by Gasteiger charge is -2.36. The second-order valence-electron chi connectivity index (χ2n) is 9.17. The van der Waals surface area contributed by atoms with Crippen LogP contribution < -0.4 is 24.6 Å². The number of pyridine rings is 2. The molecule has 194 valence electrons. The molecule has 5 heterocycles. The number of nitrogens with zero attached hydrogens (tertiary/aromatic N) is 5. The molecule has 1 N–H and O–H groups in total. The van der Waals surface area contributed by atoms with Crippen molar-refractivity contribution in [3.8, 4) is 11.5 Å². The van der Waals surface area contributed by atoms with E-state index in [0.717, 1.165) is 36.6 Å². The fourth-order valence-electron chi connectivity index (χ4n) is 4.94. The van der Waals surface area contributed by atoms with Crippen molar-refractivity contribution in [2.75, 3.05) is 55.0 Å². The predicted molar refractivity (Wildman–Crippen MR) is 139 cm³/mol. The van der Waals surface area contributed by atoms with Crippen LogP contribution in [0.1, 0.15) is 19.0 Å². The number of rotatable bonds is 8. The molecule has 3 aliphatic rings. The highest BCUT2D eigenvalue weighted by atomic mass is 16.6. The number of anilines is 3. The summed E-state index contributed by atoms with van der Waals surface area (Å²) in [5.74, 6) is 1.61. The number of nitrogens with one attached hydrogen (secondary N) is 1. The zero-order valence-corrected chi connectivity index (χ0v) is 21.0. The average molecular weight is 507 g/mol. The number of piperidine rings is 1. The molecule has 0 bridgehead atoms. The van der Waals surface area contributed by atoms with Gasteiger partial charge in [-0.3, -0.25) is 19.6 Å². The van der Waals surface area contributed by atoms with Crippen molar-refractivity contribution >= 4 is 35.4 Å². The Bertz CT molecular complexity index is 1250. The third-order valence-electron chi connectivity index (χ3n) is 6.79. The zero-order valence-electron chi connectivity index (χ0n) is 21.0. The van der Waals surface area contributed by atoms with Gasteiger partial charge in [0.1, 0.15) is 17.7 Å². The number of carbonyl (C=O) groups is 2. The van der Waals surface area contributed by atoms with E-state index in [4.69, 9.17) is 14.2 Å². The van der Waals surface area contributed by atoms with Gasteiger partial charge in [0.15, 0.2) is 18.2 Å². The first-order valence-corrected chi connectivity index (χ1v) is 12.1. The molecule has 0 spiro atoms. The van der Waals surface area contributed by atoms with Crippen LogP contribution in [0.4, 0.5) is 22.1 Å². The second kappa shape index (κ2) is 10.1. The minimum atomic E-state index is -0.436. The van der Waals surface area contributed by atoms with Gasteiger partial charge in [-0.15, -0.1) is 0 Å². The Kier molecular flexibility index (Phi) is 6.70. The van der Waals surface area contributed by atoms with Crippen molar-refractivity contribution in [3.63, 3.8) is 0 Å². The maximum Gasteiger partial charge on any atom is 0.416 e. The topological polar surface area (TPSA) is 109 Å². The number of allylic oxidation sites excluding steroid dienone is 1. The van der Waals surface area contributed by atoms with Crippen LogP contribution >= 0.6 is 0 Å². The molecule has 2 fully saturated rings. The van der Waals surface area contributed by atoms with Gasteiger partial charge >= 0.3 is 6.09 Å². The van der Waals surface area contributed by atoms with Crippen LogP contribution in [0.5, 0.6) is 11.5 Å². The summed E-state index contributed by atoms with van der Waals surface area (Å²) in [5.41, 5.74) is 2.51. The van der Waals surface area contributed by atoms with Crippen LogP contribution in [0.25, 0.3) is 6.08 Å². The standard InChI is InChI=1S/C26H30N6O5/c1-5-18-20(12-17(35-4)13-27-18)31(16(2)3)11-10-30-9-8-19-22(14-30)37-26(34)32(19)23-7-6-21-25(28-23)29-24(33)15-36-21/h5-7,12-13,19,22H,1-2,8-11,14-15H2,3-4H3,(H,28,29,33)/t19-,22?/m1/s1. The predicted octanol–water partition coefficient (Wildman–Crippen LogP) is 2.90. The molecule has 2 saturated heterocycles. The number of ether oxygens (including phenoxy) is 3. The van der Waals surface area contributed by atoms with Crippen LogP contribution in [0, 0.1) is 0 Å². The van der Waals surface area contributed by atoms with Gasteiger partial charge in [0.2, 0.25) is 0 Å². The fourth-order valence-corrected chi connectivity index (χ4v) is 4.94. The first kappa shape index (κ1) is 24.6. The van der Waals surface area contributed by atoms with Crippen molar-refractivity contribution in [1.82, 2.24) is 14.9 Å². The Hall–Kier alpha value is -4.12. The molecule has 1 unspecified atom stereocenters. The lowest BCUT2D eigenvalue weighted by molar-refractivity contribution is -0.118. The summed E-state index contributed by atoms with van der Waals surface area (Å²) in [5, 5.41) is 2.69. The summed E-state index contributed by atoms with van der Waals surface area (Å²) in [4.78, 5) is 39.4. The molecule has 37 heavy (non-hydrogen) atoms. The minimum absolute atomic E-state index is 0.0493. The van der Waals surface area contributed by atoms with E-state index >= 15 is 0 Å². The van der Waals surface area contributed by atoms with E-state index in [1.165, 1.54) is 0 Å². The van der Waals surface area contributed by atoms with Gasteiger partial charge in [-0.05, 0) is 31.6 Å². The van der Waals surface area contributed by atoms with Gasteiger partial charge in [-0.25, -0.2) is 9.78 Å². The van der Waals surface area contributed by atoms with Crippen LogP contribution in [-0.4, -0.2) is 78.9 Å². The smallest absolute Gasteiger partial charge is 0.416 e. The number of aromatic nitrogens is 2. The Morgan fingerprint density at radius 1 is 1.38 bits per heavy atom. The van der Waals surface area contributed by atoms with E-state index in [9.17, 15) is 9.59 Å². The summed E-state index contributed by atoms with van der Waals surface area (Å²) in [6.45, 7) is 12.7. The fraction of sp³-hybridized carbons (Fsp3) is 0.385. The largest absolute Gasteiger partial charge is 0.495 e. The maximum absolute atomic E-state index is 12.8. The number of methoxy groups -OCH3 is 1. The monoisotopic (exact) mass is 506 g/mol. The normalized spacial score (nSPS) is 20.8. The van der Waals surface area contributed by atoms with E-state index in [-0.39, 0.29) is 24.7 Å². The van der Waals surface area contributed by atoms with Crippen LogP contribution in [0.15, 0.2) is 43.3 Å². The molecule has 0 aliphatic carbocycles. The Balaban J connectivity index is 1.26. The lowest BCUT2D eigenvalue weighted by atomic mass is 10.0. The van der Waals surface area contributed by atoms with Crippen molar-refractivity contribution in [2.45, 2.75) is 25.5 Å². The van der Waals surface area contributed by atoms with E-state index in [2.05, 4.69) is 38.2 Å². The first-order chi connectivity index (χ1) is 17.9. The Morgan fingerprint density at radius 3 is 2.97 bits per heavy atom. The van der Waals surface area contributed by atoms with Crippen LogP contribution in [0.2, 0.25) is 0 Å². The van der Waals surface area contributed by atoms with Gasteiger partial charge in [0.05, 0.1) is 30.7 Å². The molecule has 2 atom stereocenters. The quantitative estimate of drug-likeness (QED) is 0.578. The summed E-state index contributed by atoms with van der Waals surface area (Å²) >= 11 is 0. The Labute approximate surface area is 215 Å². The number of hydrogen-bond acceptors (Lipinski definition) is 9. The highest BCUT2D eigenvalue weighted by molar-refractivity contribution is 5.95.